The fourth-order valence-electron chi connectivity index (χ4n) is 2.17. The van der Waals surface area contributed by atoms with Crippen LogP contribution in [0.2, 0.25) is 5.02 Å². The summed E-state index contributed by atoms with van der Waals surface area (Å²) >= 11 is 6.04. The maximum absolute atomic E-state index is 12.3. The number of halogens is 1. The van der Waals surface area contributed by atoms with E-state index in [-0.39, 0.29) is 12.3 Å². The number of rotatable bonds is 5. The number of carbonyl (C=O) groups excluding carboxylic acids is 2. The van der Waals surface area contributed by atoms with E-state index in [0.29, 0.717) is 10.7 Å². The van der Waals surface area contributed by atoms with Crippen molar-refractivity contribution in [2.45, 2.75) is 12.5 Å². The first-order valence-electron chi connectivity index (χ1n) is 7.54. The highest BCUT2D eigenvalue weighted by molar-refractivity contribution is 6.33. The van der Waals surface area contributed by atoms with Crippen molar-refractivity contribution in [1.82, 2.24) is 10.2 Å². The smallest absolute Gasteiger partial charge is 0.319 e. The molecule has 5 nitrogen and oxygen atoms in total. The number of hydrogen-bond donors (Lipinski definition) is 2. The zero-order valence-electron chi connectivity index (χ0n) is 13.6. The van der Waals surface area contributed by atoms with Crippen molar-refractivity contribution in [2.24, 2.45) is 0 Å². The molecule has 1 unspecified atom stereocenters. The average Bonchev–Trinajstić information content (AvgIpc) is 2.57. The number of hydrogen-bond acceptors (Lipinski definition) is 2. The topological polar surface area (TPSA) is 61.4 Å². The van der Waals surface area contributed by atoms with Crippen LogP contribution in [0.4, 0.5) is 10.5 Å². The number of nitrogens with one attached hydrogen (secondary N) is 2. The maximum atomic E-state index is 12.3. The van der Waals surface area contributed by atoms with E-state index in [1.165, 1.54) is 4.90 Å². The SMILES string of the molecule is CN(C)C(=O)CC(NC(=O)Nc1ccccc1Cl)c1ccccc1. The molecule has 3 amide bonds. The molecule has 2 rings (SSSR count). The van der Waals surface area contributed by atoms with Crippen LogP contribution in [0, 0.1) is 0 Å². The number of amides is 3. The third kappa shape index (κ3) is 4.99. The number of carbonyl (C=O) groups is 2. The van der Waals surface area contributed by atoms with Crippen LogP contribution >= 0.6 is 11.6 Å². The zero-order chi connectivity index (χ0) is 17.5. The first-order valence-corrected chi connectivity index (χ1v) is 7.92. The molecule has 6 heteroatoms. The van der Waals surface area contributed by atoms with Crippen LogP contribution in [0.3, 0.4) is 0 Å². The first kappa shape index (κ1) is 17.8. The van der Waals surface area contributed by atoms with E-state index in [0.717, 1.165) is 5.56 Å². The molecule has 2 aromatic carbocycles. The summed E-state index contributed by atoms with van der Waals surface area (Å²) in [5, 5.41) is 6.00. The van der Waals surface area contributed by atoms with Crippen molar-refractivity contribution in [3.8, 4) is 0 Å². The lowest BCUT2D eigenvalue weighted by atomic mass is 10.0. The Morgan fingerprint density at radius 2 is 1.67 bits per heavy atom. The van der Waals surface area contributed by atoms with Gasteiger partial charge in [0.1, 0.15) is 0 Å². The molecule has 0 saturated heterocycles. The Balaban J connectivity index is 2.11. The zero-order valence-corrected chi connectivity index (χ0v) is 14.4. The minimum Gasteiger partial charge on any atom is -0.349 e. The van der Waals surface area contributed by atoms with E-state index in [2.05, 4.69) is 10.6 Å². The molecule has 1 atom stereocenters. The van der Waals surface area contributed by atoms with Gasteiger partial charge in [0.25, 0.3) is 0 Å². The lowest BCUT2D eigenvalue weighted by molar-refractivity contribution is -0.129. The van der Waals surface area contributed by atoms with E-state index >= 15 is 0 Å². The average molecular weight is 346 g/mol. The standard InChI is InChI=1S/C18H20ClN3O2/c1-22(2)17(23)12-16(13-8-4-3-5-9-13)21-18(24)20-15-11-7-6-10-14(15)19/h3-11,16H,12H2,1-2H3,(H2,20,21,24). The van der Waals surface area contributed by atoms with E-state index in [4.69, 9.17) is 11.6 Å². The van der Waals surface area contributed by atoms with Crippen molar-refractivity contribution in [1.29, 1.82) is 0 Å². The predicted octanol–water partition coefficient (Wildman–Crippen LogP) is 3.68. The normalized spacial score (nSPS) is 11.5. The van der Waals surface area contributed by atoms with Gasteiger partial charge >= 0.3 is 6.03 Å². The Morgan fingerprint density at radius 3 is 2.29 bits per heavy atom. The largest absolute Gasteiger partial charge is 0.349 e. The lowest BCUT2D eigenvalue weighted by Crippen LogP contribution is -2.36. The Kier molecular flexibility index (Phi) is 6.21. The molecule has 0 aliphatic heterocycles. The second-order valence-corrected chi connectivity index (χ2v) is 5.94. The van der Waals surface area contributed by atoms with Gasteiger partial charge < -0.3 is 15.5 Å². The van der Waals surface area contributed by atoms with Crippen LogP contribution in [0.1, 0.15) is 18.0 Å². The van der Waals surface area contributed by atoms with Crippen LogP contribution in [-0.2, 0) is 4.79 Å². The van der Waals surface area contributed by atoms with E-state index in [1.54, 1.807) is 38.4 Å². The molecule has 126 valence electrons. The predicted molar refractivity (Wildman–Crippen MR) is 96.1 cm³/mol. The molecule has 0 saturated carbocycles. The van der Waals surface area contributed by atoms with Crippen molar-refractivity contribution in [3.05, 3.63) is 65.2 Å². The van der Waals surface area contributed by atoms with Gasteiger partial charge in [-0.05, 0) is 17.7 Å². The molecule has 0 fully saturated rings. The summed E-state index contributed by atoms with van der Waals surface area (Å²) in [5.41, 5.74) is 1.38. The Labute approximate surface area is 146 Å². The summed E-state index contributed by atoms with van der Waals surface area (Å²) in [7, 11) is 3.38. The summed E-state index contributed by atoms with van der Waals surface area (Å²) in [5.74, 6) is -0.0677. The summed E-state index contributed by atoms with van der Waals surface area (Å²) < 4.78 is 0. The molecule has 0 spiro atoms. The lowest BCUT2D eigenvalue weighted by Gasteiger charge is -2.21. The molecule has 0 heterocycles. The van der Waals surface area contributed by atoms with E-state index in [9.17, 15) is 9.59 Å². The van der Waals surface area contributed by atoms with Crippen LogP contribution in [0.25, 0.3) is 0 Å². The second kappa shape index (κ2) is 8.36. The molecule has 0 aliphatic rings. The van der Waals surface area contributed by atoms with E-state index < -0.39 is 12.1 Å². The number of urea groups is 1. The second-order valence-electron chi connectivity index (χ2n) is 5.53. The molecule has 0 radical (unpaired) electrons. The van der Waals surface area contributed by atoms with E-state index in [1.807, 2.05) is 30.3 Å². The summed E-state index contributed by atoms with van der Waals surface area (Å²) in [6.07, 6.45) is 0.174. The van der Waals surface area contributed by atoms with Crippen molar-refractivity contribution in [2.75, 3.05) is 19.4 Å². The van der Waals surface area contributed by atoms with Crippen LogP contribution in [0.5, 0.6) is 0 Å². The molecule has 2 N–H and O–H groups in total. The maximum Gasteiger partial charge on any atom is 0.319 e. The quantitative estimate of drug-likeness (QED) is 0.868. The molecular weight excluding hydrogens is 326 g/mol. The first-order chi connectivity index (χ1) is 11.5. The van der Waals surface area contributed by atoms with Crippen molar-refractivity contribution >= 4 is 29.2 Å². The minimum absolute atomic E-state index is 0.0677. The summed E-state index contributed by atoms with van der Waals surface area (Å²) in [4.78, 5) is 25.9. The highest BCUT2D eigenvalue weighted by Gasteiger charge is 2.19. The van der Waals surface area contributed by atoms with Crippen molar-refractivity contribution < 1.29 is 9.59 Å². The van der Waals surface area contributed by atoms with Gasteiger partial charge in [0.05, 0.1) is 23.2 Å². The Hall–Kier alpha value is -2.53. The van der Waals surface area contributed by atoms with Gasteiger partial charge in [-0.3, -0.25) is 4.79 Å². The van der Waals surface area contributed by atoms with Gasteiger partial charge in [-0.25, -0.2) is 4.79 Å². The molecule has 0 aromatic heterocycles. The molecule has 24 heavy (non-hydrogen) atoms. The van der Waals surface area contributed by atoms with Gasteiger partial charge in [-0.15, -0.1) is 0 Å². The van der Waals surface area contributed by atoms with Crippen LogP contribution < -0.4 is 10.6 Å². The Morgan fingerprint density at radius 1 is 1.04 bits per heavy atom. The van der Waals surface area contributed by atoms with Crippen molar-refractivity contribution in [3.63, 3.8) is 0 Å². The van der Waals surface area contributed by atoms with Crippen LogP contribution in [0.15, 0.2) is 54.6 Å². The number of anilines is 1. The highest BCUT2D eigenvalue weighted by atomic mass is 35.5. The third-order valence-corrected chi connectivity index (χ3v) is 3.84. The summed E-state index contributed by atoms with van der Waals surface area (Å²) in [6, 6.07) is 15.5. The molecule has 0 bridgehead atoms. The van der Waals surface area contributed by atoms with Gasteiger partial charge in [0.2, 0.25) is 5.91 Å². The number of nitrogens with zero attached hydrogens (tertiary/aromatic N) is 1. The number of para-hydroxylation sites is 1. The monoisotopic (exact) mass is 345 g/mol. The molecule has 0 aliphatic carbocycles. The van der Waals surface area contributed by atoms with Crippen LogP contribution in [-0.4, -0.2) is 30.9 Å². The molecule has 2 aromatic rings. The fourth-order valence-corrected chi connectivity index (χ4v) is 2.36. The Bertz CT molecular complexity index is 704. The minimum atomic E-state index is -0.427. The third-order valence-electron chi connectivity index (χ3n) is 3.51. The highest BCUT2D eigenvalue weighted by Crippen LogP contribution is 2.21. The van der Waals surface area contributed by atoms with Gasteiger partial charge in [0.15, 0.2) is 0 Å². The van der Waals surface area contributed by atoms with Gasteiger partial charge in [-0.2, -0.15) is 0 Å². The van der Waals surface area contributed by atoms with Gasteiger partial charge in [0, 0.05) is 14.1 Å². The summed E-state index contributed by atoms with van der Waals surface area (Å²) in [6.45, 7) is 0. The van der Waals surface area contributed by atoms with Gasteiger partial charge in [-0.1, -0.05) is 54.1 Å². The number of benzene rings is 2. The molecular formula is C18H20ClN3O2. The fraction of sp³-hybridized carbons (Fsp3) is 0.222.